The summed E-state index contributed by atoms with van der Waals surface area (Å²) in [6, 6.07) is 7.03. The highest BCUT2D eigenvalue weighted by Gasteiger charge is 2.19. The van der Waals surface area contributed by atoms with Gasteiger partial charge in [-0.15, -0.1) is 0 Å². The molecule has 20 heavy (non-hydrogen) atoms. The number of ether oxygens (including phenoxy) is 1. The molecule has 110 valence electrons. The van der Waals surface area contributed by atoms with E-state index in [0.29, 0.717) is 5.75 Å². The number of nitrogens with one attached hydrogen (secondary N) is 1. The van der Waals surface area contributed by atoms with Gasteiger partial charge in [0, 0.05) is 6.04 Å². The standard InChI is InChI=1S/C15H21NO4/c1-10(2)12(8-15(18)19)16-14(17)9-20-13-7-5-4-6-11(13)3/h4-7,10,12H,8-9H2,1-3H3,(H,16,17)(H,18,19). The van der Waals surface area contributed by atoms with Crippen molar-refractivity contribution in [2.24, 2.45) is 5.92 Å². The fourth-order valence-electron chi connectivity index (χ4n) is 1.75. The molecule has 5 heteroatoms. The minimum absolute atomic E-state index is 0.0495. The van der Waals surface area contributed by atoms with Gasteiger partial charge in [0.05, 0.1) is 6.42 Å². The van der Waals surface area contributed by atoms with Gasteiger partial charge in [0.15, 0.2) is 6.61 Å². The van der Waals surface area contributed by atoms with Crippen molar-refractivity contribution in [2.45, 2.75) is 33.2 Å². The van der Waals surface area contributed by atoms with Crippen LogP contribution in [0.5, 0.6) is 5.75 Å². The molecule has 1 atom stereocenters. The maximum atomic E-state index is 11.8. The van der Waals surface area contributed by atoms with E-state index in [1.165, 1.54) is 0 Å². The molecular formula is C15H21NO4. The maximum Gasteiger partial charge on any atom is 0.305 e. The zero-order chi connectivity index (χ0) is 15.1. The molecule has 2 N–H and O–H groups in total. The lowest BCUT2D eigenvalue weighted by Crippen LogP contribution is -2.42. The van der Waals surface area contributed by atoms with E-state index < -0.39 is 5.97 Å². The highest BCUT2D eigenvalue weighted by molar-refractivity contribution is 5.78. The molecule has 1 aromatic carbocycles. The van der Waals surface area contributed by atoms with E-state index in [-0.39, 0.29) is 30.9 Å². The van der Waals surface area contributed by atoms with Crippen molar-refractivity contribution in [3.63, 3.8) is 0 Å². The van der Waals surface area contributed by atoms with Gasteiger partial charge >= 0.3 is 5.97 Å². The van der Waals surface area contributed by atoms with Gasteiger partial charge in [-0.3, -0.25) is 9.59 Å². The summed E-state index contributed by atoms with van der Waals surface area (Å²) < 4.78 is 5.42. The summed E-state index contributed by atoms with van der Waals surface area (Å²) in [5, 5.41) is 11.5. The summed E-state index contributed by atoms with van der Waals surface area (Å²) in [6.07, 6.45) is -0.0895. The average Bonchev–Trinajstić information content (AvgIpc) is 2.36. The highest BCUT2D eigenvalue weighted by atomic mass is 16.5. The Morgan fingerprint density at radius 1 is 1.30 bits per heavy atom. The van der Waals surface area contributed by atoms with Gasteiger partial charge in [-0.1, -0.05) is 32.0 Å². The van der Waals surface area contributed by atoms with Crippen molar-refractivity contribution < 1.29 is 19.4 Å². The van der Waals surface area contributed by atoms with Gasteiger partial charge in [0.25, 0.3) is 5.91 Å². The summed E-state index contributed by atoms with van der Waals surface area (Å²) in [5.74, 6) is -0.535. The fraction of sp³-hybridized carbons (Fsp3) is 0.467. The Morgan fingerprint density at radius 2 is 1.95 bits per heavy atom. The van der Waals surface area contributed by atoms with E-state index in [0.717, 1.165) is 5.56 Å². The summed E-state index contributed by atoms with van der Waals surface area (Å²) in [6.45, 7) is 5.52. The van der Waals surface area contributed by atoms with Crippen molar-refractivity contribution in [3.05, 3.63) is 29.8 Å². The molecule has 0 bridgehead atoms. The molecule has 1 aromatic rings. The Kier molecular flexibility index (Phi) is 6.03. The Hall–Kier alpha value is -2.04. The number of hydrogen-bond donors (Lipinski definition) is 2. The van der Waals surface area contributed by atoms with Crippen LogP contribution in [0.1, 0.15) is 25.8 Å². The summed E-state index contributed by atoms with van der Waals surface area (Å²) >= 11 is 0. The first-order valence-electron chi connectivity index (χ1n) is 6.59. The SMILES string of the molecule is Cc1ccccc1OCC(=O)NC(CC(=O)O)C(C)C. The molecule has 0 aliphatic carbocycles. The number of rotatable bonds is 7. The van der Waals surface area contributed by atoms with Gasteiger partial charge in [-0.2, -0.15) is 0 Å². The Bertz CT molecular complexity index is 471. The lowest BCUT2D eigenvalue weighted by atomic mass is 10.0. The van der Waals surface area contributed by atoms with Crippen molar-refractivity contribution in [1.82, 2.24) is 5.32 Å². The molecule has 0 radical (unpaired) electrons. The van der Waals surface area contributed by atoms with Crippen LogP contribution in [0.3, 0.4) is 0 Å². The van der Waals surface area contributed by atoms with Crippen LogP contribution >= 0.6 is 0 Å². The van der Waals surface area contributed by atoms with Gasteiger partial charge < -0.3 is 15.2 Å². The van der Waals surface area contributed by atoms with E-state index in [4.69, 9.17) is 9.84 Å². The zero-order valence-corrected chi connectivity index (χ0v) is 12.1. The Balaban J connectivity index is 2.50. The largest absolute Gasteiger partial charge is 0.484 e. The van der Waals surface area contributed by atoms with E-state index in [1.54, 1.807) is 6.07 Å². The number of hydrogen-bond acceptors (Lipinski definition) is 3. The number of para-hydroxylation sites is 1. The van der Waals surface area contributed by atoms with Gasteiger partial charge in [0.2, 0.25) is 0 Å². The van der Waals surface area contributed by atoms with Crippen LogP contribution in [-0.2, 0) is 9.59 Å². The van der Waals surface area contributed by atoms with Gasteiger partial charge in [-0.05, 0) is 24.5 Å². The Morgan fingerprint density at radius 3 is 2.50 bits per heavy atom. The molecule has 0 spiro atoms. The first-order valence-corrected chi connectivity index (χ1v) is 6.59. The molecule has 0 heterocycles. The third kappa shape index (κ3) is 5.30. The first-order chi connectivity index (χ1) is 9.40. The summed E-state index contributed by atoms with van der Waals surface area (Å²) in [7, 11) is 0. The lowest BCUT2D eigenvalue weighted by Gasteiger charge is -2.20. The summed E-state index contributed by atoms with van der Waals surface area (Å²) in [5.41, 5.74) is 0.950. The number of carboxylic acid groups (broad SMARTS) is 1. The molecule has 0 aliphatic heterocycles. The second kappa shape index (κ2) is 7.53. The highest BCUT2D eigenvalue weighted by Crippen LogP contribution is 2.15. The zero-order valence-electron chi connectivity index (χ0n) is 12.1. The lowest BCUT2D eigenvalue weighted by molar-refractivity contribution is -0.138. The topological polar surface area (TPSA) is 75.6 Å². The van der Waals surface area contributed by atoms with Crippen LogP contribution in [0.25, 0.3) is 0 Å². The number of aryl methyl sites for hydroxylation is 1. The molecule has 0 saturated heterocycles. The second-order valence-corrected chi connectivity index (χ2v) is 5.07. The molecular weight excluding hydrogens is 258 g/mol. The number of benzene rings is 1. The third-order valence-electron chi connectivity index (χ3n) is 3.00. The smallest absolute Gasteiger partial charge is 0.305 e. The molecule has 0 aliphatic rings. The Labute approximate surface area is 118 Å². The second-order valence-electron chi connectivity index (χ2n) is 5.07. The first kappa shape index (κ1) is 16.0. The summed E-state index contributed by atoms with van der Waals surface area (Å²) in [4.78, 5) is 22.5. The van der Waals surface area contributed by atoms with Crippen molar-refractivity contribution in [1.29, 1.82) is 0 Å². The van der Waals surface area contributed by atoms with E-state index in [9.17, 15) is 9.59 Å². The van der Waals surface area contributed by atoms with E-state index in [1.807, 2.05) is 39.0 Å². The molecule has 0 saturated carbocycles. The van der Waals surface area contributed by atoms with Crippen LogP contribution in [0, 0.1) is 12.8 Å². The minimum Gasteiger partial charge on any atom is -0.484 e. The third-order valence-corrected chi connectivity index (χ3v) is 3.00. The molecule has 1 unspecified atom stereocenters. The monoisotopic (exact) mass is 279 g/mol. The quantitative estimate of drug-likeness (QED) is 0.800. The number of amides is 1. The van der Waals surface area contributed by atoms with E-state index >= 15 is 0 Å². The van der Waals surface area contributed by atoms with Crippen LogP contribution in [0.4, 0.5) is 0 Å². The molecule has 0 fully saturated rings. The predicted molar refractivity (Wildman–Crippen MR) is 75.7 cm³/mol. The number of carboxylic acids is 1. The maximum absolute atomic E-state index is 11.8. The van der Waals surface area contributed by atoms with Crippen LogP contribution in [0.2, 0.25) is 0 Å². The van der Waals surface area contributed by atoms with Gasteiger partial charge in [0.1, 0.15) is 5.75 Å². The number of carbonyl (C=O) groups is 2. The van der Waals surface area contributed by atoms with Gasteiger partial charge in [-0.25, -0.2) is 0 Å². The molecule has 1 rings (SSSR count). The van der Waals surface area contributed by atoms with Crippen molar-refractivity contribution in [3.8, 4) is 5.75 Å². The molecule has 0 aromatic heterocycles. The van der Waals surface area contributed by atoms with Crippen LogP contribution < -0.4 is 10.1 Å². The average molecular weight is 279 g/mol. The van der Waals surface area contributed by atoms with Crippen molar-refractivity contribution >= 4 is 11.9 Å². The molecule has 1 amide bonds. The minimum atomic E-state index is -0.927. The number of carbonyl (C=O) groups excluding carboxylic acids is 1. The van der Waals surface area contributed by atoms with Crippen LogP contribution in [-0.4, -0.2) is 29.6 Å². The predicted octanol–water partition coefficient (Wildman–Crippen LogP) is 1.99. The van der Waals surface area contributed by atoms with Crippen molar-refractivity contribution in [2.75, 3.05) is 6.61 Å². The normalized spacial score (nSPS) is 12.0. The van der Waals surface area contributed by atoms with E-state index in [2.05, 4.69) is 5.32 Å². The molecule has 5 nitrogen and oxygen atoms in total. The van der Waals surface area contributed by atoms with Crippen LogP contribution in [0.15, 0.2) is 24.3 Å². The number of aliphatic carboxylic acids is 1. The fourth-order valence-corrected chi connectivity index (χ4v) is 1.75.